The first kappa shape index (κ1) is 13.3. The maximum atomic E-state index is 9.47. The quantitative estimate of drug-likeness (QED) is 0.614. The highest BCUT2D eigenvalue weighted by molar-refractivity contribution is 7.80. The maximum Gasteiger partial charge on any atom is 0.0938 e. The summed E-state index contributed by atoms with van der Waals surface area (Å²) in [6, 6.07) is 0. The molecule has 0 aliphatic carbocycles. The lowest BCUT2D eigenvalue weighted by molar-refractivity contribution is 0.0572. The molecule has 1 fully saturated rings. The monoisotopic (exact) mass is 233 g/mol. The number of thiol groups is 1. The lowest BCUT2D eigenvalue weighted by atomic mass is 9.84. The van der Waals surface area contributed by atoms with Crippen molar-refractivity contribution < 1.29 is 10.2 Å². The summed E-state index contributed by atoms with van der Waals surface area (Å²) in [5.74, 6) is 0.864. The van der Waals surface area contributed by atoms with Crippen molar-refractivity contribution in [3.05, 3.63) is 0 Å². The van der Waals surface area contributed by atoms with Gasteiger partial charge in [0.05, 0.1) is 12.2 Å². The van der Waals surface area contributed by atoms with Crippen molar-refractivity contribution in [1.29, 1.82) is 0 Å². The zero-order valence-electron chi connectivity index (χ0n) is 9.69. The summed E-state index contributed by atoms with van der Waals surface area (Å²) in [4.78, 5) is 2.15. The first-order valence-corrected chi connectivity index (χ1v) is 6.39. The molecule has 0 saturated carbocycles. The molecule has 2 atom stereocenters. The minimum atomic E-state index is -0.573. The maximum absolute atomic E-state index is 9.47. The summed E-state index contributed by atoms with van der Waals surface area (Å²) in [5.41, 5.74) is 0.229. The third-order valence-corrected chi connectivity index (χ3v) is 4.40. The molecule has 0 amide bonds. The number of aliphatic hydroxyl groups excluding tert-OH is 2. The van der Waals surface area contributed by atoms with E-state index < -0.39 is 12.2 Å². The summed E-state index contributed by atoms with van der Waals surface area (Å²) < 4.78 is 0. The average molecular weight is 233 g/mol. The summed E-state index contributed by atoms with van der Waals surface area (Å²) in [6.45, 7) is 6.48. The van der Waals surface area contributed by atoms with Gasteiger partial charge >= 0.3 is 0 Å². The Balaban J connectivity index is 2.53. The number of rotatable bonds is 5. The molecule has 4 heteroatoms. The van der Waals surface area contributed by atoms with E-state index in [1.807, 2.05) is 0 Å². The fourth-order valence-corrected chi connectivity index (χ4v) is 2.74. The average Bonchev–Trinajstić information content (AvgIpc) is 2.55. The van der Waals surface area contributed by atoms with E-state index in [0.29, 0.717) is 13.1 Å². The van der Waals surface area contributed by atoms with Crippen LogP contribution in [0.3, 0.4) is 0 Å². The molecule has 1 aliphatic heterocycles. The van der Waals surface area contributed by atoms with Crippen LogP contribution in [0.25, 0.3) is 0 Å². The summed E-state index contributed by atoms with van der Waals surface area (Å²) in [6.07, 6.45) is 1.04. The number of nitrogens with zero attached hydrogens (tertiary/aromatic N) is 1. The third-order valence-electron chi connectivity index (χ3n) is 3.73. The van der Waals surface area contributed by atoms with E-state index in [9.17, 15) is 10.2 Å². The molecule has 0 aromatic heterocycles. The zero-order valence-corrected chi connectivity index (χ0v) is 10.6. The molecule has 1 heterocycles. The molecule has 2 unspecified atom stereocenters. The Hall–Kier alpha value is 0.230. The van der Waals surface area contributed by atoms with Crippen molar-refractivity contribution in [3.63, 3.8) is 0 Å². The summed E-state index contributed by atoms with van der Waals surface area (Å²) >= 11 is 4.43. The fourth-order valence-electron chi connectivity index (χ4n) is 2.20. The van der Waals surface area contributed by atoms with Crippen molar-refractivity contribution in [1.82, 2.24) is 4.90 Å². The van der Waals surface area contributed by atoms with Gasteiger partial charge in [0.25, 0.3) is 0 Å². The lowest BCUT2D eigenvalue weighted by Gasteiger charge is -2.34. The minimum absolute atomic E-state index is 0.229. The third kappa shape index (κ3) is 3.09. The first-order valence-electron chi connectivity index (χ1n) is 5.76. The van der Waals surface area contributed by atoms with E-state index in [1.165, 1.54) is 0 Å². The van der Waals surface area contributed by atoms with Gasteiger partial charge in [-0.2, -0.15) is 12.6 Å². The molecule has 3 nitrogen and oxygen atoms in total. The van der Waals surface area contributed by atoms with E-state index in [2.05, 4.69) is 31.4 Å². The van der Waals surface area contributed by atoms with Crippen molar-refractivity contribution in [2.75, 3.05) is 25.4 Å². The Morgan fingerprint density at radius 3 is 2.00 bits per heavy atom. The topological polar surface area (TPSA) is 43.7 Å². The second-order valence-corrected chi connectivity index (χ2v) is 5.01. The number of hydrogen-bond acceptors (Lipinski definition) is 4. The molecule has 1 rings (SSSR count). The summed E-state index contributed by atoms with van der Waals surface area (Å²) in [7, 11) is 0. The number of hydrogen-bond donors (Lipinski definition) is 3. The van der Waals surface area contributed by atoms with Gasteiger partial charge < -0.3 is 10.2 Å². The minimum Gasteiger partial charge on any atom is -0.389 e. The Morgan fingerprint density at radius 1 is 1.20 bits per heavy atom. The SMILES string of the molecule is CCC(CC)(CS)CN1CC(O)C(O)C1. The van der Waals surface area contributed by atoms with Crippen molar-refractivity contribution in [2.24, 2.45) is 5.41 Å². The molecule has 0 radical (unpaired) electrons. The number of β-amino-alcohol motifs (C(OH)–C–C–N with tert-alkyl or cyclic N) is 2. The van der Waals surface area contributed by atoms with E-state index in [1.54, 1.807) is 0 Å². The van der Waals surface area contributed by atoms with Gasteiger partial charge in [0, 0.05) is 19.6 Å². The van der Waals surface area contributed by atoms with Gasteiger partial charge in [-0.1, -0.05) is 13.8 Å². The molecule has 2 N–H and O–H groups in total. The van der Waals surface area contributed by atoms with E-state index in [0.717, 1.165) is 25.1 Å². The van der Waals surface area contributed by atoms with Crippen molar-refractivity contribution in [2.45, 2.75) is 38.9 Å². The molecule has 0 bridgehead atoms. The highest BCUT2D eigenvalue weighted by Gasteiger charge is 2.34. The Kier molecular flexibility index (Phi) is 4.90. The first-order chi connectivity index (χ1) is 7.06. The number of aliphatic hydroxyl groups is 2. The van der Waals surface area contributed by atoms with Crippen LogP contribution in [-0.4, -0.2) is 52.7 Å². The van der Waals surface area contributed by atoms with Crippen molar-refractivity contribution >= 4 is 12.6 Å². The number of likely N-dealkylation sites (tertiary alicyclic amines) is 1. The predicted octanol–water partition coefficient (Wildman–Crippen LogP) is 0.760. The zero-order chi connectivity index (χ0) is 11.5. The Morgan fingerprint density at radius 2 is 1.67 bits per heavy atom. The van der Waals surface area contributed by atoms with Crippen LogP contribution in [0.1, 0.15) is 26.7 Å². The van der Waals surface area contributed by atoms with E-state index in [-0.39, 0.29) is 5.41 Å². The molecule has 0 aromatic rings. The fraction of sp³-hybridized carbons (Fsp3) is 1.00. The van der Waals surface area contributed by atoms with Crippen LogP contribution in [-0.2, 0) is 0 Å². The van der Waals surface area contributed by atoms with Crippen LogP contribution in [0.5, 0.6) is 0 Å². The van der Waals surface area contributed by atoms with Crippen LogP contribution < -0.4 is 0 Å². The van der Waals surface area contributed by atoms with Crippen LogP contribution in [0.15, 0.2) is 0 Å². The van der Waals surface area contributed by atoms with Gasteiger partial charge in [0.1, 0.15) is 0 Å². The lowest BCUT2D eigenvalue weighted by Crippen LogP contribution is -2.38. The Labute approximate surface area is 97.9 Å². The van der Waals surface area contributed by atoms with Gasteiger partial charge in [-0.25, -0.2) is 0 Å². The largest absolute Gasteiger partial charge is 0.389 e. The van der Waals surface area contributed by atoms with Gasteiger partial charge in [0.2, 0.25) is 0 Å². The van der Waals surface area contributed by atoms with Gasteiger partial charge in [-0.3, -0.25) is 4.90 Å². The highest BCUT2D eigenvalue weighted by atomic mass is 32.1. The van der Waals surface area contributed by atoms with Gasteiger partial charge in [0.15, 0.2) is 0 Å². The van der Waals surface area contributed by atoms with Crippen LogP contribution >= 0.6 is 12.6 Å². The molecule has 1 saturated heterocycles. The van der Waals surface area contributed by atoms with Crippen LogP contribution in [0.2, 0.25) is 0 Å². The van der Waals surface area contributed by atoms with Crippen LogP contribution in [0.4, 0.5) is 0 Å². The molecule has 90 valence electrons. The Bertz CT molecular complexity index is 179. The predicted molar refractivity (Wildman–Crippen MR) is 65.3 cm³/mol. The van der Waals surface area contributed by atoms with E-state index in [4.69, 9.17) is 0 Å². The van der Waals surface area contributed by atoms with Gasteiger partial charge in [-0.15, -0.1) is 0 Å². The molecular weight excluding hydrogens is 210 g/mol. The summed E-state index contributed by atoms with van der Waals surface area (Å²) in [5, 5.41) is 18.9. The van der Waals surface area contributed by atoms with E-state index >= 15 is 0 Å². The van der Waals surface area contributed by atoms with Crippen LogP contribution in [0, 0.1) is 5.41 Å². The van der Waals surface area contributed by atoms with Crippen molar-refractivity contribution in [3.8, 4) is 0 Å². The molecule has 0 aromatic carbocycles. The van der Waals surface area contributed by atoms with Gasteiger partial charge in [-0.05, 0) is 24.0 Å². The normalized spacial score (nSPS) is 28.6. The molecule has 0 spiro atoms. The molecular formula is C11H23NO2S. The second kappa shape index (κ2) is 5.53. The standard InChI is InChI=1S/C11H23NO2S/c1-3-11(4-2,8-15)7-12-5-9(13)10(14)6-12/h9-10,13-15H,3-8H2,1-2H3. The smallest absolute Gasteiger partial charge is 0.0938 e. The molecule has 1 aliphatic rings. The second-order valence-electron chi connectivity index (χ2n) is 4.69. The highest BCUT2D eigenvalue weighted by Crippen LogP contribution is 2.30. The molecule has 15 heavy (non-hydrogen) atoms.